The lowest BCUT2D eigenvalue weighted by molar-refractivity contribution is -0.117. The molecule has 0 bridgehead atoms. The molecule has 1 heterocycles. The van der Waals surface area contributed by atoms with Crippen molar-refractivity contribution < 1.29 is 13.2 Å². The molecule has 1 N–H and O–H groups in total. The first-order valence-electron chi connectivity index (χ1n) is 8.22. The Hall–Kier alpha value is -3.55. The summed E-state index contributed by atoms with van der Waals surface area (Å²) in [4.78, 5) is 23.6. The second-order valence-corrected chi connectivity index (χ2v) is 7.99. The monoisotopic (exact) mass is 426 g/mol. The molecule has 29 heavy (non-hydrogen) atoms. The van der Waals surface area contributed by atoms with Gasteiger partial charge in [0.1, 0.15) is 11.6 Å². The van der Waals surface area contributed by atoms with Crippen LogP contribution in [0.1, 0.15) is 12.5 Å². The molecular formula is C19H14N4O4S2. The fourth-order valence-electron chi connectivity index (χ4n) is 2.66. The Morgan fingerprint density at radius 1 is 1.07 bits per heavy atom. The minimum absolute atomic E-state index is 0.109. The third-order valence-electron chi connectivity index (χ3n) is 3.93. The standard InChI is InChI=1S/C19H14N4O4S2/c1-13(24)21-29(26,27)17-9-7-15(8-10-17)22-12-14(11-20)18(25)23(19(22)28)16-5-3-2-4-6-16/h2-10,12H,1H3,(H,21,24). The van der Waals surface area contributed by atoms with Crippen molar-refractivity contribution in [1.29, 1.82) is 5.26 Å². The molecule has 8 nitrogen and oxygen atoms in total. The van der Waals surface area contributed by atoms with Crippen LogP contribution < -0.4 is 10.3 Å². The average molecular weight is 426 g/mol. The van der Waals surface area contributed by atoms with E-state index in [0.717, 1.165) is 6.92 Å². The second-order valence-electron chi connectivity index (χ2n) is 5.94. The molecule has 3 rings (SSSR count). The van der Waals surface area contributed by atoms with Crippen LogP contribution in [0.5, 0.6) is 0 Å². The van der Waals surface area contributed by atoms with Gasteiger partial charge in [-0.05, 0) is 48.6 Å². The molecule has 1 aromatic heterocycles. The van der Waals surface area contributed by atoms with Crippen molar-refractivity contribution in [2.45, 2.75) is 11.8 Å². The van der Waals surface area contributed by atoms with E-state index in [9.17, 15) is 23.3 Å². The maximum atomic E-state index is 12.6. The molecule has 2 aromatic carbocycles. The van der Waals surface area contributed by atoms with Gasteiger partial charge in [0, 0.05) is 18.8 Å². The van der Waals surface area contributed by atoms with Gasteiger partial charge in [-0.15, -0.1) is 0 Å². The molecule has 1 amide bonds. The second kappa shape index (κ2) is 7.83. The quantitative estimate of drug-likeness (QED) is 0.639. The number of sulfonamides is 1. The number of hydrogen-bond acceptors (Lipinski definition) is 6. The lowest BCUT2D eigenvalue weighted by Gasteiger charge is -2.14. The zero-order valence-electron chi connectivity index (χ0n) is 15.1. The molecule has 0 unspecified atom stereocenters. The molecule has 0 atom stereocenters. The summed E-state index contributed by atoms with van der Waals surface area (Å²) >= 11 is 5.46. The van der Waals surface area contributed by atoms with Crippen molar-refractivity contribution in [3.8, 4) is 17.4 Å². The number of aromatic nitrogens is 2. The number of carbonyl (C=O) groups is 1. The molecule has 0 saturated carbocycles. The Labute approximate surface area is 171 Å². The molecule has 0 saturated heterocycles. The summed E-state index contributed by atoms with van der Waals surface area (Å²) in [7, 11) is -3.98. The van der Waals surface area contributed by atoms with Gasteiger partial charge in [0.15, 0.2) is 4.77 Å². The highest BCUT2D eigenvalue weighted by Crippen LogP contribution is 2.16. The number of hydrogen-bond donors (Lipinski definition) is 1. The lowest BCUT2D eigenvalue weighted by atomic mass is 10.2. The number of nitrogens with zero attached hydrogens (tertiary/aromatic N) is 3. The summed E-state index contributed by atoms with van der Waals surface area (Å²) in [5, 5.41) is 9.36. The van der Waals surface area contributed by atoms with E-state index in [1.54, 1.807) is 30.3 Å². The Kier molecular flexibility index (Phi) is 5.45. The highest BCUT2D eigenvalue weighted by Gasteiger charge is 2.16. The van der Waals surface area contributed by atoms with Gasteiger partial charge in [-0.1, -0.05) is 18.2 Å². The Bertz CT molecular complexity index is 1350. The summed E-state index contributed by atoms with van der Waals surface area (Å²) in [6.07, 6.45) is 1.31. The van der Waals surface area contributed by atoms with E-state index in [2.05, 4.69) is 0 Å². The van der Waals surface area contributed by atoms with E-state index in [-0.39, 0.29) is 15.2 Å². The first-order valence-corrected chi connectivity index (χ1v) is 10.1. The van der Waals surface area contributed by atoms with Crippen molar-refractivity contribution in [1.82, 2.24) is 13.9 Å². The molecule has 0 spiro atoms. The number of nitrogens with one attached hydrogen (secondary N) is 1. The lowest BCUT2D eigenvalue weighted by Crippen LogP contribution is -2.28. The molecule has 0 aliphatic rings. The third-order valence-corrected chi connectivity index (χ3v) is 5.76. The van der Waals surface area contributed by atoms with Crippen LogP contribution in [-0.4, -0.2) is 23.5 Å². The van der Waals surface area contributed by atoms with Crippen molar-refractivity contribution in [2.24, 2.45) is 0 Å². The van der Waals surface area contributed by atoms with E-state index in [4.69, 9.17) is 12.2 Å². The van der Waals surface area contributed by atoms with Crippen LogP contribution >= 0.6 is 12.2 Å². The molecule has 146 valence electrons. The number of amides is 1. The largest absolute Gasteiger partial charge is 0.292 e. The van der Waals surface area contributed by atoms with Crippen LogP contribution in [0.2, 0.25) is 0 Å². The summed E-state index contributed by atoms with van der Waals surface area (Å²) < 4.78 is 28.8. The number of rotatable bonds is 4. The predicted octanol–water partition coefficient (Wildman–Crippen LogP) is 2.05. The molecule has 0 fully saturated rings. The molecule has 0 aliphatic carbocycles. The summed E-state index contributed by atoms with van der Waals surface area (Å²) in [6.45, 7) is 1.10. The van der Waals surface area contributed by atoms with Gasteiger partial charge in [0.2, 0.25) is 5.91 Å². The minimum atomic E-state index is -3.98. The van der Waals surface area contributed by atoms with Gasteiger partial charge in [-0.3, -0.25) is 18.7 Å². The van der Waals surface area contributed by atoms with Crippen LogP contribution in [0, 0.1) is 16.1 Å². The summed E-state index contributed by atoms with van der Waals surface area (Å²) in [5.74, 6) is -0.704. The molecule has 0 radical (unpaired) electrons. The minimum Gasteiger partial charge on any atom is -0.292 e. The molecule has 0 aliphatic heterocycles. The third kappa shape index (κ3) is 4.01. The first kappa shape index (κ1) is 20.2. The Morgan fingerprint density at radius 2 is 1.69 bits per heavy atom. The van der Waals surface area contributed by atoms with E-state index in [1.165, 1.54) is 39.6 Å². The number of nitriles is 1. The maximum absolute atomic E-state index is 12.6. The predicted molar refractivity (Wildman–Crippen MR) is 108 cm³/mol. The molecule has 3 aromatic rings. The maximum Gasteiger partial charge on any atom is 0.276 e. The molecular weight excluding hydrogens is 412 g/mol. The van der Waals surface area contributed by atoms with Gasteiger partial charge in [0.05, 0.1) is 10.6 Å². The fraction of sp³-hybridized carbons (Fsp3) is 0.0526. The zero-order valence-corrected chi connectivity index (χ0v) is 16.7. The number of benzene rings is 2. The average Bonchev–Trinajstić information content (AvgIpc) is 2.68. The van der Waals surface area contributed by atoms with Crippen LogP contribution in [0.25, 0.3) is 11.4 Å². The van der Waals surface area contributed by atoms with E-state index in [1.807, 2.05) is 10.8 Å². The highest BCUT2D eigenvalue weighted by molar-refractivity contribution is 7.90. The topological polar surface area (TPSA) is 114 Å². The first-order chi connectivity index (χ1) is 13.7. The van der Waals surface area contributed by atoms with Crippen molar-refractivity contribution in [2.75, 3.05) is 0 Å². The fourth-order valence-corrected chi connectivity index (χ4v) is 3.99. The van der Waals surface area contributed by atoms with Gasteiger partial charge in [0.25, 0.3) is 15.6 Å². The van der Waals surface area contributed by atoms with Crippen molar-refractivity contribution >= 4 is 28.1 Å². The van der Waals surface area contributed by atoms with Crippen molar-refractivity contribution in [3.05, 3.63) is 81.5 Å². The van der Waals surface area contributed by atoms with Crippen LogP contribution in [0.15, 0.2) is 70.5 Å². The normalized spacial score (nSPS) is 10.9. The summed E-state index contributed by atoms with van der Waals surface area (Å²) in [6, 6.07) is 16.0. The number of para-hydroxylation sites is 1. The smallest absolute Gasteiger partial charge is 0.276 e. The van der Waals surface area contributed by atoms with E-state index in [0.29, 0.717) is 11.4 Å². The van der Waals surface area contributed by atoms with Crippen LogP contribution in [0.3, 0.4) is 0 Å². The zero-order chi connectivity index (χ0) is 21.2. The van der Waals surface area contributed by atoms with E-state index >= 15 is 0 Å². The van der Waals surface area contributed by atoms with Crippen LogP contribution in [0.4, 0.5) is 0 Å². The summed E-state index contributed by atoms with van der Waals surface area (Å²) in [5.41, 5.74) is 0.262. The number of carbonyl (C=O) groups excluding carboxylic acids is 1. The van der Waals surface area contributed by atoms with Gasteiger partial charge < -0.3 is 0 Å². The van der Waals surface area contributed by atoms with Gasteiger partial charge in [-0.25, -0.2) is 13.1 Å². The van der Waals surface area contributed by atoms with Crippen molar-refractivity contribution in [3.63, 3.8) is 0 Å². The van der Waals surface area contributed by atoms with Gasteiger partial charge in [-0.2, -0.15) is 5.26 Å². The Balaban J connectivity index is 2.18. The molecule has 10 heteroatoms. The van der Waals surface area contributed by atoms with Gasteiger partial charge >= 0.3 is 0 Å². The van der Waals surface area contributed by atoms with Crippen LogP contribution in [-0.2, 0) is 14.8 Å². The highest BCUT2D eigenvalue weighted by atomic mass is 32.2. The Morgan fingerprint density at radius 3 is 2.24 bits per heavy atom. The van der Waals surface area contributed by atoms with E-state index < -0.39 is 21.5 Å². The SMILES string of the molecule is CC(=O)NS(=O)(=O)c1ccc(-n2cc(C#N)c(=O)n(-c3ccccc3)c2=S)cc1.